The maximum absolute atomic E-state index is 8.93. The van der Waals surface area contributed by atoms with Gasteiger partial charge in [0.05, 0.1) is 0 Å². The first kappa shape index (κ1) is 24.0. The fourth-order valence-corrected chi connectivity index (χ4v) is 0. The Balaban J connectivity index is -0.0000000150. The van der Waals surface area contributed by atoms with Gasteiger partial charge in [0.15, 0.2) is 0 Å². The summed E-state index contributed by atoms with van der Waals surface area (Å²) in [5.41, 5.74) is 0. The van der Waals surface area contributed by atoms with Crippen molar-refractivity contribution in [1.29, 1.82) is 0 Å². The molecule has 0 spiro atoms. The molecule has 7 heavy (non-hydrogen) atoms. The van der Waals surface area contributed by atoms with Crippen molar-refractivity contribution in [3.8, 4) is 0 Å². The van der Waals surface area contributed by atoms with Gasteiger partial charge in [0.2, 0.25) is 0 Å². The predicted octanol–water partition coefficient (Wildman–Crippen LogP) is 0.275. The van der Waals surface area contributed by atoms with Crippen molar-refractivity contribution in [2.45, 2.75) is 0 Å². The molecule has 0 radical (unpaired) electrons. The minimum atomic E-state index is 0. The van der Waals surface area contributed by atoms with Crippen LogP contribution in [0.5, 0.6) is 0 Å². The molecule has 0 saturated carbocycles. The van der Waals surface area contributed by atoms with E-state index in [2.05, 4.69) is 6.58 Å². The molecule has 0 amide bonds. The Hall–Kier alpha value is 1.28. The van der Waals surface area contributed by atoms with Crippen LogP contribution < -0.4 is 0 Å². The summed E-state index contributed by atoms with van der Waals surface area (Å²) < 4.78 is 0. The number of hydrogen-bond acceptors (Lipinski definition) is 1. The molecule has 0 saturated heterocycles. The third-order valence-electron chi connectivity index (χ3n) is 0.0833. The third-order valence-corrected chi connectivity index (χ3v) is 0.0833. The molecule has 0 aromatic carbocycles. The molecule has 0 aliphatic rings. The molecule has 0 unspecified atom stereocenters. The van der Waals surface area contributed by atoms with Gasteiger partial charge in [-0.05, 0) is 6.29 Å². The van der Waals surface area contributed by atoms with E-state index in [0.29, 0.717) is 0 Å². The second-order valence-corrected chi connectivity index (χ2v) is 0.322. The topological polar surface area (TPSA) is 17.1 Å². The van der Waals surface area contributed by atoms with Gasteiger partial charge in [-0.25, -0.2) is 12.7 Å². The van der Waals surface area contributed by atoms with Crippen molar-refractivity contribution in [3.05, 3.63) is 12.7 Å². The zero-order valence-corrected chi connectivity index (χ0v) is 13.2. The van der Waals surface area contributed by atoms with Crippen molar-refractivity contribution in [3.63, 3.8) is 0 Å². The summed E-state index contributed by atoms with van der Waals surface area (Å²) in [6.07, 6.45) is 2.51. The van der Waals surface area contributed by atoms with Gasteiger partial charge < -0.3 is 4.79 Å². The van der Waals surface area contributed by atoms with Gasteiger partial charge in [0.1, 0.15) is 0 Å². The largest absolute Gasteiger partial charge is 0.419 e. The van der Waals surface area contributed by atoms with Crippen molar-refractivity contribution < 1.29 is 63.2 Å². The van der Waals surface area contributed by atoms with E-state index in [-0.39, 0.29) is 58.4 Å². The summed E-state index contributed by atoms with van der Waals surface area (Å²) in [4.78, 5) is 8.93. The minimum absolute atomic E-state index is 0. The molecule has 0 fully saturated rings. The van der Waals surface area contributed by atoms with Crippen LogP contribution in [0, 0.1) is 0 Å². The Bertz CT molecular complexity index is 31.2. The third kappa shape index (κ3) is 39.0. The van der Waals surface area contributed by atoms with Crippen LogP contribution in [0.2, 0.25) is 0 Å². The maximum atomic E-state index is 8.93. The standard InChI is InChI=1S/C3H3O.3Zn/c1-2-3-4;;;/h2H,1H2;;;/q-1;;;. The fraction of sp³-hybridized carbons (Fsp3) is 0. The Kier molecular flexibility index (Phi) is 91.3. The summed E-state index contributed by atoms with van der Waals surface area (Å²) in [5.74, 6) is 0. The van der Waals surface area contributed by atoms with E-state index in [1.165, 1.54) is 6.29 Å². The van der Waals surface area contributed by atoms with Crippen LogP contribution in [0.15, 0.2) is 12.7 Å². The molecule has 28 valence electrons. The fourth-order valence-electron chi connectivity index (χ4n) is 0. The van der Waals surface area contributed by atoms with E-state index in [9.17, 15) is 0 Å². The van der Waals surface area contributed by atoms with E-state index in [4.69, 9.17) is 4.79 Å². The number of hydrogen-bond donors (Lipinski definition) is 0. The van der Waals surface area contributed by atoms with E-state index in [1.54, 1.807) is 0 Å². The minimum Gasteiger partial charge on any atom is -0.419 e. The summed E-state index contributed by atoms with van der Waals surface area (Å²) in [7, 11) is 0. The first-order chi connectivity index (χ1) is 1.91. The van der Waals surface area contributed by atoms with E-state index in [1.807, 2.05) is 0 Å². The van der Waals surface area contributed by atoms with Crippen molar-refractivity contribution in [1.82, 2.24) is 0 Å². The monoisotopic (exact) mass is 247 g/mol. The maximum Gasteiger partial charge on any atom is 0 e. The van der Waals surface area contributed by atoms with Gasteiger partial charge in [0, 0.05) is 58.4 Å². The molecule has 0 aliphatic heterocycles. The predicted molar refractivity (Wildman–Crippen MR) is 15.9 cm³/mol. The number of allylic oxidation sites excluding steroid dienone is 1. The van der Waals surface area contributed by atoms with Crippen LogP contribution in [0.1, 0.15) is 0 Å². The normalized spacial score (nSPS) is 2.86. The Morgan fingerprint density at radius 3 is 1.43 bits per heavy atom. The average molecular weight is 251 g/mol. The van der Waals surface area contributed by atoms with Crippen LogP contribution in [-0.2, 0) is 63.2 Å². The van der Waals surface area contributed by atoms with Crippen molar-refractivity contribution in [2.75, 3.05) is 0 Å². The smallest absolute Gasteiger partial charge is 0 e. The summed E-state index contributed by atoms with van der Waals surface area (Å²) in [6, 6.07) is 0. The molecule has 0 N–H and O–H groups in total. The molecular weight excluding hydrogens is 248 g/mol. The first-order valence-electron chi connectivity index (χ1n) is 0.901. The average Bonchev–Trinajstić information content (AvgIpc) is 1.37. The van der Waals surface area contributed by atoms with Gasteiger partial charge in [-0.3, -0.25) is 0 Å². The van der Waals surface area contributed by atoms with Gasteiger partial charge in [-0.15, -0.1) is 0 Å². The summed E-state index contributed by atoms with van der Waals surface area (Å²) >= 11 is 0. The van der Waals surface area contributed by atoms with E-state index < -0.39 is 0 Å². The molecule has 4 heteroatoms. The molecular formula is C3H3OZn3-. The SMILES string of the molecule is C=C[C-]=O.[Zn].[Zn].[Zn]. The van der Waals surface area contributed by atoms with Gasteiger partial charge in [-0.1, -0.05) is 0 Å². The molecule has 0 bridgehead atoms. The molecule has 0 heterocycles. The second-order valence-electron chi connectivity index (χ2n) is 0.322. The quantitative estimate of drug-likeness (QED) is 0.371. The zero-order valence-electron chi connectivity index (χ0n) is 4.31. The molecule has 0 atom stereocenters. The Morgan fingerprint density at radius 2 is 1.43 bits per heavy atom. The summed E-state index contributed by atoms with van der Waals surface area (Å²) in [5, 5.41) is 0. The molecule has 0 rings (SSSR count). The zero-order chi connectivity index (χ0) is 3.41. The van der Waals surface area contributed by atoms with Crippen LogP contribution in [0.25, 0.3) is 0 Å². The van der Waals surface area contributed by atoms with Crippen molar-refractivity contribution in [2.24, 2.45) is 0 Å². The molecule has 1 nitrogen and oxygen atoms in total. The van der Waals surface area contributed by atoms with Crippen LogP contribution in [-0.4, -0.2) is 6.29 Å². The van der Waals surface area contributed by atoms with E-state index in [0.717, 1.165) is 6.08 Å². The molecule has 0 aliphatic carbocycles. The van der Waals surface area contributed by atoms with E-state index >= 15 is 0 Å². The number of rotatable bonds is 1. The first-order valence-corrected chi connectivity index (χ1v) is 0.901. The van der Waals surface area contributed by atoms with Crippen LogP contribution in [0.4, 0.5) is 0 Å². The Morgan fingerprint density at radius 1 is 1.29 bits per heavy atom. The molecule has 0 aromatic heterocycles. The van der Waals surface area contributed by atoms with Crippen LogP contribution in [0.3, 0.4) is 0 Å². The van der Waals surface area contributed by atoms with Gasteiger partial charge in [-0.2, -0.15) is 0 Å². The van der Waals surface area contributed by atoms with Crippen LogP contribution >= 0.6 is 0 Å². The number of carbonyl (C=O) groups excluding carboxylic acids is 1. The molecule has 0 aromatic rings. The van der Waals surface area contributed by atoms with Gasteiger partial charge >= 0.3 is 0 Å². The second kappa shape index (κ2) is 26.7. The van der Waals surface area contributed by atoms with Gasteiger partial charge in [0.25, 0.3) is 0 Å². The van der Waals surface area contributed by atoms with Crippen molar-refractivity contribution >= 4 is 6.29 Å². The Labute approximate surface area is 81.6 Å². The summed E-state index contributed by atoms with van der Waals surface area (Å²) in [6.45, 7) is 3.06.